The van der Waals surface area contributed by atoms with E-state index >= 15 is 0 Å². The van der Waals surface area contributed by atoms with Crippen molar-refractivity contribution in [3.8, 4) is 6.07 Å². The first-order valence-electron chi connectivity index (χ1n) is 12.4. The largest absolute Gasteiger partial charge is 0.384 e. The number of anilines is 2. The molecule has 2 aliphatic rings. The molecule has 0 saturated carbocycles. The number of nitrogens with two attached hydrogens (primary N) is 1. The number of carbonyl (C=O) groups is 2. The number of halogens is 3. The lowest BCUT2D eigenvalue weighted by molar-refractivity contribution is -0.118. The molecular formula is C28H23F3N6O2S2. The van der Waals surface area contributed by atoms with E-state index in [1.54, 1.807) is 17.0 Å². The van der Waals surface area contributed by atoms with Crippen LogP contribution in [0, 0.1) is 34.2 Å². The van der Waals surface area contributed by atoms with Crippen molar-refractivity contribution in [2.45, 2.75) is 36.9 Å². The highest BCUT2D eigenvalue weighted by molar-refractivity contribution is 8.01. The van der Waals surface area contributed by atoms with Gasteiger partial charge in [0.25, 0.3) is 0 Å². The lowest BCUT2D eigenvalue weighted by Gasteiger charge is -2.42. The molecule has 0 fully saturated rings. The first-order valence-corrected chi connectivity index (χ1v) is 14.2. The van der Waals surface area contributed by atoms with Gasteiger partial charge in [0.05, 0.1) is 29.0 Å². The Morgan fingerprint density at radius 2 is 1.88 bits per heavy atom. The molecule has 1 amide bonds. The van der Waals surface area contributed by atoms with Gasteiger partial charge in [0.1, 0.15) is 23.3 Å². The lowest BCUT2D eigenvalue weighted by Crippen LogP contribution is -2.42. The van der Waals surface area contributed by atoms with Gasteiger partial charge >= 0.3 is 0 Å². The number of thioether (sulfide) groups is 1. The number of benzene rings is 2. The van der Waals surface area contributed by atoms with Crippen LogP contribution in [0.1, 0.15) is 38.2 Å². The molecule has 8 nitrogen and oxygen atoms in total. The van der Waals surface area contributed by atoms with Crippen molar-refractivity contribution in [1.82, 2.24) is 10.2 Å². The van der Waals surface area contributed by atoms with E-state index in [2.05, 4.69) is 21.6 Å². The summed E-state index contributed by atoms with van der Waals surface area (Å²) in [6.07, 6.45) is 0.718. The number of nitrogens with one attached hydrogen (secondary N) is 1. The van der Waals surface area contributed by atoms with Crippen molar-refractivity contribution >= 4 is 45.6 Å². The summed E-state index contributed by atoms with van der Waals surface area (Å²) in [5.74, 6) is -3.57. The maximum atomic E-state index is 13.9. The third-order valence-electron chi connectivity index (χ3n) is 6.70. The summed E-state index contributed by atoms with van der Waals surface area (Å²) in [6.45, 7) is 3.92. The third kappa shape index (κ3) is 5.71. The zero-order valence-corrected chi connectivity index (χ0v) is 23.5. The van der Waals surface area contributed by atoms with Gasteiger partial charge in [0.15, 0.2) is 10.1 Å². The van der Waals surface area contributed by atoms with Crippen LogP contribution in [0.15, 0.2) is 69.5 Å². The molecule has 0 saturated heterocycles. The van der Waals surface area contributed by atoms with Crippen molar-refractivity contribution in [1.29, 1.82) is 5.26 Å². The zero-order chi connectivity index (χ0) is 29.5. The third-order valence-corrected chi connectivity index (χ3v) is 8.75. The van der Waals surface area contributed by atoms with E-state index in [1.807, 2.05) is 13.8 Å². The van der Waals surface area contributed by atoms with Crippen LogP contribution in [0.3, 0.4) is 0 Å². The van der Waals surface area contributed by atoms with E-state index in [1.165, 1.54) is 12.1 Å². The van der Waals surface area contributed by atoms with Gasteiger partial charge in [0.2, 0.25) is 11.0 Å². The van der Waals surface area contributed by atoms with E-state index in [4.69, 9.17) is 5.73 Å². The monoisotopic (exact) mass is 596 g/mol. The molecule has 1 atom stereocenters. The van der Waals surface area contributed by atoms with Crippen LogP contribution < -0.4 is 16.0 Å². The molecule has 1 aliphatic carbocycles. The normalized spacial score (nSPS) is 18.3. The average molecular weight is 597 g/mol. The van der Waals surface area contributed by atoms with E-state index in [0.717, 1.165) is 35.2 Å². The summed E-state index contributed by atoms with van der Waals surface area (Å²) in [5.41, 5.74) is 7.73. The first kappa shape index (κ1) is 28.4. The molecule has 0 bridgehead atoms. The van der Waals surface area contributed by atoms with Crippen LogP contribution >= 0.6 is 23.1 Å². The van der Waals surface area contributed by atoms with E-state index in [0.29, 0.717) is 38.8 Å². The maximum Gasteiger partial charge on any atom is 0.234 e. The van der Waals surface area contributed by atoms with Gasteiger partial charge in [-0.05, 0) is 41.7 Å². The van der Waals surface area contributed by atoms with Crippen LogP contribution in [-0.2, 0) is 9.59 Å². The fraction of sp³-hybridized carbons (Fsp3) is 0.250. The summed E-state index contributed by atoms with van der Waals surface area (Å²) in [6, 6.07) is 10.6. The Balaban J connectivity index is 1.45. The Morgan fingerprint density at radius 1 is 1.17 bits per heavy atom. The number of hydrogen-bond donors (Lipinski definition) is 2. The van der Waals surface area contributed by atoms with Crippen molar-refractivity contribution < 1.29 is 22.8 Å². The molecule has 1 aliphatic heterocycles. The van der Waals surface area contributed by atoms with Crippen molar-refractivity contribution in [2.24, 2.45) is 11.1 Å². The minimum Gasteiger partial charge on any atom is -0.384 e. The Hall–Kier alpha value is -4.15. The average Bonchev–Trinajstić information content (AvgIpc) is 3.37. The summed E-state index contributed by atoms with van der Waals surface area (Å²) < 4.78 is 41.1. The van der Waals surface area contributed by atoms with Crippen LogP contribution in [0.25, 0.3) is 0 Å². The predicted octanol–water partition coefficient (Wildman–Crippen LogP) is 5.63. The van der Waals surface area contributed by atoms with E-state index in [-0.39, 0.29) is 35.0 Å². The number of Topliss-reactive ketones (excluding diaryl/α,β-unsaturated/α-hetero) is 1. The Labute approximate surface area is 241 Å². The topological polar surface area (TPSA) is 125 Å². The highest BCUT2D eigenvalue weighted by Gasteiger charge is 2.45. The number of nitriles is 1. The number of ketones is 1. The van der Waals surface area contributed by atoms with Crippen molar-refractivity contribution in [3.63, 3.8) is 0 Å². The molecule has 3 aromatic rings. The van der Waals surface area contributed by atoms with E-state index in [9.17, 15) is 28.0 Å². The second-order valence-electron chi connectivity index (χ2n) is 10.3. The molecule has 5 rings (SSSR count). The molecule has 2 heterocycles. The minimum atomic E-state index is -0.893. The number of carbonyl (C=O) groups excluding carboxylic acids is 2. The lowest BCUT2D eigenvalue weighted by atomic mass is 9.69. The van der Waals surface area contributed by atoms with E-state index < -0.39 is 34.7 Å². The standard InChI is InChI=1S/C28H23F3N6O2S2/c1-28(2)10-20-24(21(38)11-28)23(14-3-5-15(29)6-4-14)17(12-32)25(33)37(20)26-35-36-27(41-26)40-13-22(39)34-19-8-7-16(30)9-18(19)31/h3-9,23H,10-11,13,33H2,1-2H3,(H,34,39). The molecule has 1 aromatic heterocycles. The molecule has 210 valence electrons. The number of rotatable bonds is 6. The number of aromatic nitrogens is 2. The van der Waals surface area contributed by atoms with Crippen LogP contribution in [0.2, 0.25) is 0 Å². The molecule has 13 heteroatoms. The molecule has 1 unspecified atom stereocenters. The SMILES string of the molecule is CC1(C)CC(=O)C2=C(C1)N(c1nnc(SCC(=O)Nc3ccc(F)cc3F)s1)C(N)=C(C#N)C2c1ccc(F)cc1. The highest BCUT2D eigenvalue weighted by Crippen LogP contribution is 2.50. The zero-order valence-electron chi connectivity index (χ0n) is 21.9. The van der Waals surface area contributed by atoms with Gasteiger partial charge in [0, 0.05) is 23.8 Å². The van der Waals surface area contributed by atoms with Crippen LogP contribution in [0.5, 0.6) is 0 Å². The summed E-state index contributed by atoms with van der Waals surface area (Å²) in [7, 11) is 0. The second-order valence-corrected chi connectivity index (χ2v) is 12.5. The Kier molecular flexibility index (Phi) is 7.63. The smallest absolute Gasteiger partial charge is 0.234 e. The van der Waals surface area contributed by atoms with Gasteiger partial charge < -0.3 is 11.1 Å². The van der Waals surface area contributed by atoms with Gasteiger partial charge in [-0.25, -0.2) is 13.2 Å². The number of nitrogens with zero attached hydrogens (tertiary/aromatic N) is 4. The minimum absolute atomic E-state index is 0.0864. The molecule has 3 N–H and O–H groups in total. The summed E-state index contributed by atoms with van der Waals surface area (Å²) >= 11 is 2.16. The Morgan fingerprint density at radius 3 is 2.56 bits per heavy atom. The van der Waals surface area contributed by atoms with Gasteiger partial charge in [-0.15, -0.1) is 10.2 Å². The fourth-order valence-electron chi connectivity index (χ4n) is 4.97. The van der Waals surface area contributed by atoms with Gasteiger partial charge in [-0.3, -0.25) is 14.5 Å². The highest BCUT2D eigenvalue weighted by atomic mass is 32.2. The number of amides is 1. The first-order chi connectivity index (χ1) is 19.5. The molecule has 2 aromatic carbocycles. The molecule has 0 radical (unpaired) electrons. The summed E-state index contributed by atoms with van der Waals surface area (Å²) in [4.78, 5) is 27.5. The van der Waals surface area contributed by atoms with Gasteiger partial charge in [-0.2, -0.15) is 5.26 Å². The second kappa shape index (κ2) is 11.0. The summed E-state index contributed by atoms with van der Waals surface area (Å²) in [5, 5.41) is 21.2. The number of hydrogen-bond acceptors (Lipinski definition) is 9. The van der Waals surface area contributed by atoms with Gasteiger partial charge in [-0.1, -0.05) is 49.1 Å². The Bertz CT molecular complexity index is 1660. The van der Waals surface area contributed by atoms with Crippen molar-refractivity contribution in [2.75, 3.05) is 16.0 Å². The van der Waals surface area contributed by atoms with Crippen LogP contribution in [-0.4, -0.2) is 27.6 Å². The molecular weight excluding hydrogens is 573 g/mol. The predicted molar refractivity (Wildman–Crippen MR) is 149 cm³/mol. The fourth-order valence-corrected chi connectivity index (χ4v) is 6.65. The quantitative estimate of drug-likeness (QED) is 0.351. The molecule has 0 spiro atoms. The van der Waals surface area contributed by atoms with Crippen molar-refractivity contribution in [3.05, 3.63) is 88.1 Å². The molecule has 41 heavy (non-hydrogen) atoms. The number of allylic oxidation sites excluding steroid dienone is 3. The maximum absolute atomic E-state index is 13.9. The van der Waals surface area contributed by atoms with Crippen LogP contribution in [0.4, 0.5) is 24.0 Å².